The first-order valence-electron chi connectivity index (χ1n) is 3.87. The first-order chi connectivity index (χ1) is 6.59. The normalized spacial score (nSPS) is 10.7. The molecule has 1 aromatic carbocycles. The van der Waals surface area contributed by atoms with E-state index in [2.05, 4.69) is 37.0 Å². The monoisotopic (exact) mass is 318 g/mol. The van der Waals surface area contributed by atoms with Crippen LogP contribution in [0.1, 0.15) is 5.56 Å². The Balaban J connectivity index is 2.73. The molecule has 0 amide bonds. The van der Waals surface area contributed by atoms with Crippen molar-refractivity contribution in [1.82, 2.24) is 9.32 Å². The van der Waals surface area contributed by atoms with E-state index in [1.807, 2.05) is 22.5 Å². The van der Waals surface area contributed by atoms with Crippen molar-refractivity contribution in [2.45, 2.75) is 0 Å². The quantitative estimate of drug-likeness (QED) is 0.363. The molecule has 2 rings (SSSR count). The Bertz CT molecular complexity index is 519. The highest BCUT2D eigenvalue weighted by atomic mass is 127. The van der Waals surface area contributed by atoms with Crippen LogP contribution in [0.25, 0.3) is 11.0 Å². The molecule has 2 aromatic rings. The maximum Gasteiger partial charge on any atom is 0.175 e. The zero-order valence-electron chi connectivity index (χ0n) is 7.16. The third-order valence-electron chi connectivity index (χ3n) is 1.96. The minimum atomic E-state index is 0.0696. The molecule has 0 fully saturated rings. The van der Waals surface area contributed by atoms with Crippen molar-refractivity contribution in [3.05, 3.63) is 27.6 Å². The zero-order valence-corrected chi connectivity index (χ0v) is 10.5. The number of hydrogen-bond acceptors (Lipinski definition) is 2. The van der Waals surface area contributed by atoms with E-state index in [1.165, 1.54) is 0 Å². The number of amidine groups is 1. The van der Waals surface area contributed by atoms with Crippen LogP contribution in [0, 0.1) is 9.24 Å². The molecule has 1 unspecified atom stereocenters. The topological polar surface area (TPSA) is 67.7 Å². The SMILES string of the molecule is N=C(N)c1ccc2c(c1)nc(I)n2P. The molecule has 3 N–H and O–H groups in total. The predicted molar refractivity (Wildman–Crippen MR) is 68.6 cm³/mol. The Labute approximate surface area is 96.8 Å². The van der Waals surface area contributed by atoms with Gasteiger partial charge in [-0.1, -0.05) is 0 Å². The molecule has 0 saturated carbocycles. The third kappa shape index (κ3) is 1.50. The van der Waals surface area contributed by atoms with E-state index < -0.39 is 0 Å². The van der Waals surface area contributed by atoms with Gasteiger partial charge in [-0.2, -0.15) is 0 Å². The minimum absolute atomic E-state index is 0.0696. The van der Waals surface area contributed by atoms with Crippen LogP contribution in [-0.2, 0) is 0 Å². The molecule has 0 aliphatic heterocycles. The van der Waals surface area contributed by atoms with Crippen molar-refractivity contribution in [3.8, 4) is 0 Å². The van der Waals surface area contributed by atoms with Gasteiger partial charge >= 0.3 is 0 Å². The molecule has 0 saturated heterocycles. The molecule has 4 nitrogen and oxygen atoms in total. The van der Waals surface area contributed by atoms with E-state index in [0.717, 1.165) is 14.9 Å². The molecule has 0 aliphatic rings. The second-order valence-electron chi connectivity index (χ2n) is 2.87. The smallest absolute Gasteiger partial charge is 0.175 e. The van der Waals surface area contributed by atoms with Crippen LogP contribution in [0.4, 0.5) is 0 Å². The maximum atomic E-state index is 7.31. The number of nitrogens with zero attached hydrogens (tertiary/aromatic N) is 2. The number of fused-ring (bicyclic) bond motifs is 1. The molecule has 0 spiro atoms. The minimum Gasteiger partial charge on any atom is -0.384 e. The van der Waals surface area contributed by atoms with Gasteiger partial charge in [0.1, 0.15) is 5.84 Å². The number of imidazole rings is 1. The van der Waals surface area contributed by atoms with Crippen LogP contribution in [0.15, 0.2) is 18.2 Å². The summed E-state index contributed by atoms with van der Waals surface area (Å²) in [6.07, 6.45) is 0. The van der Waals surface area contributed by atoms with Gasteiger partial charge in [0, 0.05) is 28.2 Å². The van der Waals surface area contributed by atoms with Gasteiger partial charge in [-0.25, -0.2) is 4.98 Å². The van der Waals surface area contributed by atoms with Crippen LogP contribution in [-0.4, -0.2) is 15.2 Å². The van der Waals surface area contributed by atoms with E-state index in [9.17, 15) is 0 Å². The second kappa shape index (κ2) is 3.47. The Hall–Kier alpha value is -0.680. The molecular formula is C8H8IN4P. The Morgan fingerprint density at radius 3 is 2.93 bits per heavy atom. The van der Waals surface area contributed by atoms with E-state index >= 15 is 0 Å². The summed E-state index contributed by atoms with van der Waals surface area (Å²) in [5, 5.41) is 7.31. The summed E-state index contributed by atoms with van der Waals surface area (Å²) < 4.78 is 2.81. The Kier molecular flexibility index (Phi) is 2.45. The molecule has 0 aliphatic carbocycles. The number of halogens is 1. The average molecular weight is 318 g/mol. The van der Waals surface area contributed by atoms with Crippen molar-refractivity contribution in [3.63, 3.8) is 0 Å². The number of nitrogen functional groups attached to an aromatic ring is 1. The highest BCUT2D eigenvalue weighted by Crippen LogP contribution is 2.20. The predicted octanol–water partition coefficient (Wildman–Crippen LogP) is 1.56. The lowest BCUT2D eigenvalue weighted by molar-refractivity contribution is 1.19. The zero-order chi connectivity index (χ0) is 10.3. The third-order valence-corrected chi connectivity index (χ3v) is 3.77. The van der Waals surface area contributed by atoms with Crippen molar-refractivity contribution in [2.24, 2.45) is 5.73 Å². The van der Waals surface area contributed by atoms with Crippen LogP contribution in [0.5, 0.6) is 0 Å². The van der Waals surface area contributed by atoms with E-state index in [1.54, 1.807) is 0 Å². The van der Waals surface area contributed by atoms with Gasteiger partial charge in [0.15, 0.2) is 3.83 Å². The fraction of sp³-hybridized carbons (Fsp3) is 0. The highest BCUT2D eigenvalue weighted by Gasteiger charge is 2.06. The van der Waals surface area contributed by atoms with E-state index in [0.29, 0.717) is 5.56 Å². The molecule has 1 heterocycles. The van der Waals surface area contributed by atoms with E-state index in [-0.39, 0.29) is 5.84 Å². The summed E-state index contributed by atoms with van der Waals surface area (Å²) in [6, 6.07) is 5.55. The van der Waals surface area contributed by atoms with Gasteiger partial charge in [-0.3, -0.25) is 5.41 Å². The standard InChI is InChI=1S/C8H8IN4P/c9-8-12-5-3-4(7(10)11)1-2-6(5)13(8)14/h1-3H,14H2,(H3,10,11). The molecule has 72 valence electrons. The van der Waals surface area contributed by atoms with Crippen molar-refractivity contribution in [2.75, 3.05) is 0 Å². The van der Waals surface area contributed by atoms with E-state index in [4.69, 9.17) is 11.1 Å². The van der Waals surface area contributed by atoms with Crippen molar-refractivity contribution < 1.29 is 0 Å². The number of aromatic nitrogens is 2. The van der Waals surface area contributed by atoms with Gasteiger partial charge < -0.3 is 10.1 Å². The fourth-order valence-electron chi connectivity index (χ4n) is 1.24. The van der Waals surface area contributed by atoms with Gasteiger partial charge in [0.25, 0.3) is 0 Å². The number of hydrogen-bond donors (Lipinski definition) is 2. The largest absolute Gasteiger partial charge is 0.384 e. The van der Waals surface area contributed by atoms with Crippen molar-refractivity contribution in [1.29, 1.82) is 5.41 Å². The lowest BCUT2D eigenvalue weighted by Crippen LogP contribution is -2.10. The summed E-state index contributed by atoms with van der Waals surface area (Å²) in [4.78, 5) is 4.33. The first kappa shape index (κ1) is 9.86. The van der Waals surface area contributed by atoms with Crippen LogP contribution >= 0.6 is 32.0 Å². The number of nitrogens with one attached hydrogen (secondary N) is 1. The molecule has 1 atom stereocenters. The Morgan fingerprint density at radius 2 is 2.29 bits per heavy atom. The second-order valence-corrected chi connectivity index (χ2v) is 4.35. The van der Waals surface area contributed by atoms with Crippen LogP contribution in [0.3, 0.4) is 0 Å². The van der Waals surface area contributed by atoms with Gasteiger partial charge in [0.2, 0.25) is 0 Å². The van der Waals surface area contributed by atoms with Gasteiger partial charge in [-0.05, 0) is 27.6 Å². The molecule has 14 heavy (non-hydrogen) atoms. The fourth-order valence-corrected chi connectivity index (χ4v) is 2.03. The number of rotatable bonds is 1. The maximum absolute atomic E-state index is 7.31. The molecular weight excluding hydrogens is 310 g/mol. The number of nitrogens with two attached hydrogens (primary N) is 1. The van der Waals surface area contributed by atoms with Crippen LogP contribution < -0.4 is 5.73 Å². The summed E-state index contributed by atoms with van der Waals surface area (Å²) in [5.41, 5.74) is 7.97. The van der Waals surface area contributed by atoms with Gasteiger partial charge in [-0.15, -0.1) is 0 Å². The first-order valence-corrected chi connectivity index (χ1v) is 5.46. The molecule has 1 aromatic heterocycles. The highest BCUT2D eigenvalue weighted by molar-refractivity contribution is 14.1. The average Bonchev–Trinajstić information content (AvgIpc) is 2.42. The van der Waals surface area contributed by atoms with Gasteiger partial charge in [0.05, 0.1) is 11.0 Å². The number of benzene rings is 1. The van der Waals surface area contributed by atoms with Crippen molar-refractivity contribution >= 4 is 48.9 Å². The molecule has 0 bridgehead atoms. The summed E-state index contributed by atoms with van der Waals surface area (Å²) in [5.74, 6) is 0.0696. The van der Waals surface area contributed by atoms with Crippen LogP contribution in [0.2, 0.25) is 0 Å². The summed E-state index contributed by atoms with van der Waals surface area (Å²) >= 11 is 2.15. The lowest BCUT2D eigenvalue weighted by atomic mass is 10.2. The lowest BCUT2D eigenvalue weighted by Gasteiger charge is -1.98. The molecule has 6 heteroatoms. The molecule has 0 radical (unpaired) electrons. The summed E-state index contributed by atoms with van der Waals surface area (Å²) in [6.45, 7) is 0. The Morgan fingerprint density at radius 1 is 1.57 bits per heavy atom. The summed E-state index contributed by atoms with van der Waals surface area (Å²) in [7, 11) is 2.59.